The van der Waals surface area contributed by atoms with E-state index < -0.39 is 0 Å². The largest absolute Gasteiger partial charge is 0.264 e. The maximum Gasteiger partial charge on any atom is 0.0352 e. The SMILES string of the molecule is c1ccc(-c2cnccc2-c2ccc(-c3ccc4c(-c5ccccc5)c5ccccc5c(-c5ccccc5)c4c3)cc2)cc1. The molecular formula is C43H29N. The van der Waals surface area contributed by atoms with Gasteiger partial charge in [0.1, 0.15) is 0 Å². The summed E-state index contributed by atoms with van der Waals surface area (Å²) in [6.07, 6.45) is 3.83. The Kier molecular flexibility index (Phi) is 6.55. The van der Waals surface area contributed by atoms with Gasteiger partial charge in [-0.3, -0.25) is 4.98 Å². The van der Waals surface area contributed by atoms with Gasteiger partial charge in [-0.05, 0) is 83.7 Å². The molecule has 0 aliphatic carbocycles. The lowest BCUT2D eigenvalue weighted by atomic mass is 9.85. The van der Waals surface area contributed by atoms with E-state index in [4.69, 9.17) is 0 Å². The average Bonchev–Trinajstić information content (AvgIpc) is 3.11. The molecule has 7 aromatic carbocycles. The first-order chi connectivity index (χ1) is 21.8. The van der Waals surface area contributed by atoms with Gasteiger partial charge in [0.25, 0.3) is 0 Å². The van der Waals surface area contributed by atoms with Gasteiger partial charge in [0.15, 0.2) is 0 Å². The summed E-state index contributed by atoms with van der Waals surface area (Å²) in [5.74, 6) is 0. The Morgan fingerprint density at radius 3 is 1.36 bits per heavy atom. The van der Waals surface area contributed by atoms with Crippen molar-refractivity contribution in [2.75, 3.05) is 0 Å². The summed E-state index contributed by atoms with van der Waals surface area (Å²) in [4.78, 5) is 4.43. The third kappa shape index (κ3) is 4.56. The maximum absolute atomic E-state index is 4.43. The van der Waals surface area contributed by atoms with Crippen molar-refractivity contribution in [1.29, 1.82) is 0 Å². The fraction of sp³-hybridized carbons (Fsp3) is 0. The number of hydrogen-bond acceptors (Lipinski definition) is 1. The van der Waals surface area contributed by atoms with E-state index >= 15 is 0 Å². The first-order valence-corrected chi connectivity index (χ1v) is 15.0. The van der Waals surface area contributed by atoms with E-state index in [0.717, 1.165) is 5.56 Å². The van der Waals surface area contributed by atoms with Crippen molar-refractivity contribution in [2.24, 2.45) is 0 Å². The topological polar surface area (TPSA) is 12.9 Å². The summed E-state index contributed by atoms with van der Waals surface area (Å²) in [6, 6.07) is 58.9. The van der Waals surface area contributed by atoms with E-state index in [9.17, 15) is 0 Å². The molecule has 8 aromatic rings. The van der Waals surface area contributed by atoms with Crippen molar-refractivity contribution < 1.29 is 0 Å². The molecule has 0 N–H and O–H groups in total. The smallest absolute Gasteiger partial charge is 0.0352 e. The molecule has 0 aliphatic heterocycles. The van der Waals surface area contributed by atoms with Gasteiger partial charge in [0.05, 0.1) is 0 Å². The Bertz CT molecular complexity index is 2230. The molecule has 1 nitrogen and oxygen atoms in total. The summed E-state index contributed by atoms with van der Waals surface area (Å²) in [6.45, 7) is 0. The number of hydrogen-bond donors (Lipinski definition) is 0. The van der Waals surface area contributed by atoms with Crippen LogP contribution >= 0.6 is 0 Å². The lowest BCUT2D eigenvalue weighted by Gasteiger charge is -2.19. The predicted molar refractivity (Wildman–Crippen MR) is 186 cm³/mol. The zero-order chi connectivity index (χ0) is 29.3. The van der Waals surface area contributed by atoms with Gasteiger partial charge in [-0.25, -0.2) is 0 Å². The first kappa shape index (κ1) is 25.9. The number of pyridine rings is 1. The molecular weight excluding hydrogens is 530 g/mol. The quantitative estimate of drug-likeness (QED) is 0.191. The van der Waals surface area contributed by atoms with Gasteiger partial charge < -0.3 is 0 Å². The Morgan fingerprint density at radius 2 is 0.750 bits per heavy atom. The van der Waals surface area contributed by atoms with Crippen LogP contribution in [0, 0.1) is 0 Å². The zero-order valence-electron chi connectivity index (χ0n) is 24.2. The summed E-state index contributed by atoms with van der Waals surface area (Å²) in [7, 11) is 0. The molecule has 0 spiro atoms. The highest BCUT2D eigenvalue weighted by molar-refractivity contribution is 6.21. The molecule has 0 bridgehead atoms. The molecule has 0 radical (unpaired) electrons. The Morgan fingerprint density at radius 1 is 0.295 bits per heavy atom. The highest BCUT2D eigenvalue weighted by Crippen LogP contribution is 2.45. The third-order valence-corrected chi connectivity index (χ3v) is 8.58. The Hall–Kier alpha value is -5.79. The molecule has 1 aromatic heterocycles. The number of fused-ring (bicyclic) bond motifs is 2. The molecule has 1 heteroatoms. The van der Waals surface area contributed by atoms with E-state index in [1.165, 1.54) is 71.6 Å². The van der Waals surface area contributed by atoms with E-state index in [1.54, 1.807) is 0 Å². The zero-order valence-corrected chi connectivity index (χ0v) is 24.2. The van der Waals surface area contributed by atoms with Gasteiger partial charge in [-0.15, -0.1) is 0 Å². The van der Waals surface area contributed by atoms with Gasteiger partial charge >= 0.3 is 0 Å². The molecule has 206 valence electrons. The minimum absolute atomic E-state index is 1.14. The second kappa shape index (κ2) is 11.1. The summed E-state index contributed by atoms with van der Waals surface area (Å²) in [5.41, 5.74) is 12.1. The van der Waals surface area contributed by atoms with Crippen LogP contribution in [0.15, 0.2) is 176 Å². The van der Waals surface area contributed by atoms with Crippen molar-refractivity contribution in [1.82, 2.24) is 4.98 Å². The number of nitrogens with zero attached hydrogens (tertiary/aromatic N) is 1. The summed E-state index contributed by atoms with van der Waals surface area (Å²) in [5, 5.41) is 5.06. The molecule has 0 atom stereocenters. The van der Waals surface area contributed by atoms with E-state index in [0.29, 0.717) is 0 Å². The van der Waals surface area contributed by atoms with Crippen molar-refractivity contribution in [3.05, 3.63) is 176 Å². The molecule has 1 heterocycles. The van der Waals surface area contributed by atoms with Crippen molar-refractivity contribution in [2.45, 2.75) is 0 Å². The van der Waals surface area contributed by atoms with Gasteiger partial charge in [-0.1, -0.05) is 152 Å². The van der Waals surface area contributed by atoms with Gasteiger partial charge in [0.2, 0.25) is 0 Å². The summed E-state index contributed by atoms with van der Waals surface area (Å²) >= 11 is 0. The maximum atomic E-state index is 4.43. The van der Waals surface area contributed by atoms with Crippen LogP contribution in [0.5, 0.6) is 0 Å². The van der Waals surface area contributed by atoms with Crippen LogP contribution in [0.25, 0.3) is 77.2 Å². The second-order valence-corrected chi connectivity index (χ2v) is 11.2. The third-order valence-electron chi connectivity index (χ3n) is 8.58. The molecule has 0 saturated carbocycles. The lowest BCUT2D eigenvalue weighted by Crippen LogP contribution is -1.91. The van der Waals surface area contributed by atoms with Gasteiger partial charge in [0, 0.05) is 18.0 Å². The molecule has 0 unspecified atom stereocenters. The summed E-state index contributed by atoms with van der Waals surface area (Å²) < 4.78 is 0. The van der Waals surface area contributed by atoms with Crippen LogP contribution < -0.4 is 0 Å². The van der Waals surface area contributed by atoms with E-state index in [1.807, 2.05) is 18.5 Å². The molecule has 0 aliphatic rings. The van der Waals surface area contributed by atoms with Crippen molar-refractivity contribution in [3.8, 4) is 55.6 Å². The van der Waals surface area contributed by atoms with Crippen LogP contribution in [-0.2, 0) is 0 Å². The first-order valence-electron chi connectivity index (χ1n) is 15.0. The van der Waals surface area contributed by atoms with Gasteiger partial charge in [-0.2, -0.15) is 0 Å². The van der Waals surface area contributed by atoms with Crippen LogP contribution in [0.1, 0.15) is 0 Å². The monoisotopic (exact) mass is 559 g/mol. The minimum atomic E-state index is 1.14. The van der Waals surface area contributed by atoms with Crippen LogP contribution in [-0.4, -0.2) is 4.98 Å². The standard InChI is InChI=1S/C43H29N/c1-4-12-31(13-5-1)41-29-44-27-26-36(41)32-22-20-30(21-23-32)35-24-25-39-40(28-35)43(34-16-8-3-9-17-34)38-19-11-10-18-37(38)42(39)33-14-6-2-7-15-33/h1-29H. The number of aromatic nitrogens is 1. The molecule has 0 fully saturated rings. The van der Waals surface area contributed by atoms with E-state index in [-0.39, 0.29) is 0 Å². The normalized spacial score (nSPS) is 11.2. The molecule has 0 amide bonds. The predicted octanol–water partition coefficient (Wildman–Crippen LogP) is 11.7. The Labute approximate surface area is 257 Å². The van der Waals surface area contributed by atoms with Crippen LogP contribution in [0.4, 0.5) is 0 Å². The lowest BCUT2D eigenvalue weighted by molar-refractivity contribution is 1.33. The van der Waals surface area contributed by atoms with Crippen LogP contribution in [0.3, 0.4) is 0 Å². The fourth-order valence-corrected chi connectivity index (χ4v) is 6.53. The minimum Gasteiger partial charge on any atom is -0.264 e. The van der Waals surface area contributed by atoms with Crippen molar-refractivity contribution >= 4 is 21.5 Å². The highest BCUT2D eigenvalue weighted by Gasteiger charge is 2.17. The Balaban J connectivity index is 1.32. The average molecular weight is 560 g/mol. The fourth-order valence-electron chi connectivity index (χ4n) is 6.53. The van der Waals surface area contributed by atoms with Crippen LogP contribution in [0.2, 0.25) is 0 Å². The number of rotatable bonds is 5. The number of benzene rings is 7. The van der Waals surface area contributed by atoms with Crippen molar-refractivity contribution in [3.63, 3.8) is 0 Å². The molecule has 8 rings (SSSR count). The molecule has 0 saturated heterocycles. The highest BCUT2D eigenvalue weighted by atomic mass is 14.6. The van der Waals surface area contributed by atoms with E-state index in [2.05, 4.69) is 163 Å². The second-order valence-electron chi connectivity index (χ2n) is 11.2. The molecule has 44 heavy (non-hydrogen) atoms.